The number of hydrogen-bond donors (Lipinski definition) is 1. The second-order valence-electron chi connectivity index (χ2n) is 2.27. The van der Waals surface area contributed by atoms with Crippen LogP contribution in [0.25, 0.3) is 0 Å². The molecule has 14 heavy (non-hydrogen) atoms. The average molecular weight is 259 g/mol. The molecule has 0 aliphatic carbocycles. The Morgan fingerprint density at radius 2 is 2.00 bits per heavy atom. The van der Waals surface area contributed by atoms with Crippen LogP contribution in [0.2, 0.25) is 5.02 Å². The lowest BCUT2D eigenvalue weighted by atomic mass is 10.3. The topological polar surface area (TPSA) is 63.6 Å². The maximum atomic E-state index is 10.7. The van der Waals surface area contributed by atoms with Gasteiger partial charge < -0.3 is 4.74 Å². The van der Waals surface area contributed by atoms with Gasteiger partial charge in [-0.25, -0.2) is 0 Å². The van der Waals surface area contributed by atoms with Gasteiger partial charge in [-0.15, -0.1) is 12.4 Å². The molecule has 4 nitrogen and oxygen atoms in total. The Kier molecular flexibility index (Phi) is 4.67. The van der Waals surface area contributed by atoms with E-state index in [0.717, 1.165) is 6.07 Å². The zero-order chi connectivity index (χ0) is 10.1. The van der Waals surface area contributed by atoms with Crippen LogP contribution in [0.3, 0.4) is 0 Å². The van der Waals surface area contributed by atoms with Crippen molar-refractivity contribution in [2.45, 2.75) is 4.90 Å². The standard InChI is InChI=1S/C7H7ClO4S.ClH/c1-12-5-2-3-6(8)7(4-5)13(9,10)11;/h2-4H,1H3,(H,9,10,11);1H. The Hall–Kier alpha value is -0.490. The molecule has 0 aromatic heterocycles. The van der Waals surface area contributed by atoms with Gasteiger partial charge in [0, 0.05) is 6.07 Å². The number of hydrogen-bond acceptors (Lipinski definition) is 3. The predicted octanol–water partition coefficient (Wildman–Crippen LogP) is 2.02. The third kappa shape index (κ3) is 3.02. The Labute approximate surface area is 93.0 Å². The first-order valence-corrected chi connectivity index (χ1v) is 5.08. The molecule has 0 spiro atoms. The first kappa shape index (κ1) is 13.5. The highest BCUT2D eigenvalue weighted by Crippen LogP contribution is 2.25. The van der Waals surface area contributed by atoms with Gasteiger partial charge >= 0.3 is 0 Å². The molecule has 0 radical (unpaired) electrons. The van der Waals surface area contributed by atoms with E-state index in [2.05, 4.69) is 0 Å². The molecule has 0 aliphatic rings. The van der Waals surface area contributed by atoms with Crippen molar-refractivity contribution in [3.8, 4) is 5.75 Å². The maximum Gasteiger partial charge on any atom is 0.296 e. The van der Waals surface area contributed by atoms with E-state index < -0.39 is 10.1 Å². The maximum absolute atomic E-state index is 10.7. The van der Waals surface area contributed by atoms with E-state index in [0.29, 0.717) is 5.75 Å². The minimum Gasteiger partial charge on any atom is -0.497 e. The zero-order valence-electron chi connectivity index (χ0n) is 7.10. The van der Waals surface area contributed by atoms with Crippen molar-refractivity contribution in [3.05, 3.63) is 23.2 Å². The summed E-state index contributed by atoms with van der Waals surface area (Å²) in [7, 11) is -2.89. The number of rotatable bonds is 2. The minimum atomic E-state index is -4.28. The molecule has 0 saturated heterocycles. The first-order valence-electron chi connectivity index (χ1n) is 3.26. The fraction of sp³-hybridized carbons (Fsp3) is 0.143. The fourth-order valence-corrected chi connectivity index (χ4v) is 1.80. The molecule has 1 rings (SSSR count). The van der Waals surface area contributed by atoms with Crippen LogP contribution in [0.4, 0.5) is 0 Å². The molecule has 0 aliphatic heterocycles. The van der Waals surface area contributed by atoms with Crippen LogP contribution in [-0.4, -0.2) is 20.1 Å². The lowest BCUT2D eigenvalue weighted by Gasteiger charge is -2.03. The van der Waals surface area contributed by atoms with E-state index in [9.17, 15) is 8.42 Å². The Morgan fingerprint density at radius 1 is 1.43 bits per heavy atom. The highest BCUT2D eigenvalue weighted by atomic mass is 35.5. The van der Waals surface area contributed by atoms with E-state index >= 15 is 0 Å². The van der Waals surface area contributed by atoms with E-state index in [1.165, 1.54) is 19.2 Å². The second-order valence-corrected chi connectivity index (χ2v) is 4.07. The van der Waals surface area contributed by atoms with Gasteiger partial charge in [0.1, 0.15) is 10.6 Å². The van der Waals surface area contributed by atoms with Crippen LogP contribution in [0.15, 0.2) is 23.1 Å². The lowest BCUT2D eigenvalue weighted by Crippen LogP contribution is -1.99. The zero-order valence-corrected chi connectivity index (χ0v) is 9.49. The molecule has 0 atom stereocenters. The normalized spacial score (nSPS) is 10.5. The SMILES string of the molecule is COc1ccc(Cl)c(S(=O)(=O)O)c1.Cl. The van der Waals surface area contributed by atoms with Gasteiger partial charge in [-0.1, -0.05) is 11.6 Å². The molecular formula is C7H8Cl2O4S. The predicted molar refractivity (Wildman–Crippen MR) is 55.1 cm³/mol. The van der Waals surface area contributed by atoms with Crippen molar-refractivity contribution in [1.29, 1.82) is 0 Å². The second kappa shape index (κ2) is 4.84. The third-order valence-corrected chi connectivity index (χ3v) is 2.75. The largest absolute Gasteiger partial charge is 0.497 e. The van der Waals surface area contributed by atoms with E-state index in [-0.39, 0.29) is 22.3 Å². The fourth-order valence-electron chi connectivity index (χ4n) is 0.808. The van der Waals surface area contributed by atoms with Crippen molar-refractivity contribution in [3.63, 3.8) is 0 Å². The number of ether oxygens (including phenoxy) is 1. The summed E-state index contributed by atoms with van der Waals surface area (Å²) in [5.74, 6) is 0.317. The van der Waals surface area contributed by atoms with Gasteiger partial charge in [-0.3, -0.25) is 4.55 Å². The molecule has 0 heterocycles. The van der Waals surface area contributed by atoms with Crippen molar-refractivity contribution in [1.82, 2.24) is 0 Å². The van der Waals surface area contributed by atoms with Crippen molar-refractivity contribution in [2.75, 3.05) is 7.11 Å². The molecular weight excluding hydrogens is 251 g/mol. The molecule has 1 N–H and O–H groups in total. The minimum absolute atomic E-state index is 0. The summed E-state index contributed by atoms with van der Waals surface area (Å²) in [4.78, 5) is -0.353. The Morgan fingerprint density at radius 3 is 2.43 bits per heavy atom. The molecule has 0 unspecified atom stereocenters. The molecule has 1 aromatic carbocycles. The number of benzene rings is 1. The van der Waals surface area contributed by atoms with Crippen LogP contribution < -0.4 is 4.74 Å². The number of halogens is 2. The van der Waals surface area contributed by atoms with E-state index in [4.69, 9.17) is 20.9 Å². The van der Waals surface area contributed by atoms with E-state index in [1.807, 2.05) is 0 Å². The molecule has 0 amide bonds. The summed E-state index contributed by atoms with van der Waals surface area (Å²) in [6, 6.07) is 3.98. The van der Waals surface area contributed by atoms with Gasteiger partial charge in [0.05, 0.1) is 12.1 Å². The van der Waals surface area contributed by atoms with Crippen LogP contribution in [0.1, 0.15) is 0 Å². The Balaban J connectivity index is 0.00000169. The van der Waals surface area contributed by atoms with Gasteiger partial charge in [-0.05, 0) is 12.1 Å². The highest BCUT2D eigenvalue weighted by Gasteiger charge is 2.14. The molecule has 80 valence electrons. The number of methoxy groups -OCH3 is 1. The Bertz CT molecular complexity index is 416. The highest BCUT2D eigenvalue weighted by molar-refractivity contribution is 7.86. The van der Waals surface area contributed by atoms with Gasteiger partial charge in [0.25, 0.3) is 10.1 Å². The first-order chi connectivity index (χ1) is 5.95. The molecule has 7 heteroatoms. The summed E-state index contributed by atoms with van der Waals surface area (Å²) in [5, 5.41) is -0.0386. The monoisotopic (exact) mass is 258 g/mol. The van der Waals surface area contributed by atoms with Crippen LogP contribution in [0, 0.1) is 0 Å². The summed E-state index contributed by atoms with van der Waals surface area (Å²) < 4.78 is 35.0. The van der Waals surface area contributed by atoms with Gasteiger partial charge in [-0.2, -0.15) is 8.42 Å². The van der Waals surface area contributed by atoms with Crippen LogP contribution >= 0.6 is 24.0 Å². The summed E-state index contributed by atoms with van der Waals surface area (Å²) in [5.41, 5.74) is 0. The van der Waals surface area contributed by atoms with Gasteiger partial charge in [0.15, 0.2) is 0 Å². The van der Waals surface area contributed by atoms with Crippen LogP contribution in [0.5, 0.6) is 5.75 Å². The van der Waals surface area contributed by atoms with Crippen molar-refractivity contribution in [2.24, 2.45) is 0 Å². The van der Waals surface area contributed by atoms with E-state index in [1.54, 1.807) is 0 Å². The molecule has 1 aromatic rings. The van der Waals surface area contributed by atoms with Gasteiger partial charge in [0.2, 0.25) is 0 Å². The van der Waals surface area contributed by atoms with Crippen molar-refractivity contribution < 1.29 is 17.7 Å². The van der Waals surface area contributed by atoms with Crippen LogP contribution in [-0.2, 0) is 10.1 Å². The molecule has 0 fully saturated rings. The summed E-state index contributed by atoms with van der Waals surface area (Å²) in [6.07, 6.45) is 0. The third-order valence-electron chi connectivity index (χ3n) is 1.42. The smallest absolute Gasteiger partial charge is 0.296 e. The quantitative estimate of drug-likeness (QED) is 0.825. The molecule has 0 saturated carbocycles. The molecule has 0 bridgehead atoms. The summed E-state index contributed by atoms with van der Waals surface area (Å²) >= 11 is 5.54. The van der Waals surface area contributed by atoms with Crippen molar-refractivity contribution >= 4 is 34.1 Å². The summed E-state index contributed by atoms with van der Waals surface area (Å²) in [6.45, 7) is 0. The lowest BCUT2D eigenvalue weighted by molar-refractivity contribution is 0.412. The average Bonchev–Trinajstić information content (AvgIpc) is 2.03.